The Balaban J connectivity index is 0.000000272. The van der Waals surface area contributed by atoms with Crippen molar-refractivity contribution in [2.24, 2.45) is 0 Å². The number of carboxylic acids is 2. The third kappa shape index (κ3) is 10.0. The molecule has 2 heterocycles. The highest BCUT2D eigenvalue weighted by Crippen LogP contribution is 1.67. The molecule has 2 aromatic heterocycles. The van der Waals surface area contributed by atoms with Crippen LogP contribution in [0.25, 0.3) is 0 Å². The maximum absolute atomic E-state index is 10.2. The summed E-state index contributed by atoms with van der Waals surface area (Å²) in [4.78, 5) is 43.6. The van der Waals surface area contributed by atoms with Crippen molar-refractivity contribution in [3.8, 4) is 0 Å². The van der Waals surface area contributed by atoms with E-state index in [1.165, 1.54) is 12.1 Å². The predicted octanol–water partition coefficient (Wildman–Crippen LogP) is -0.0946. The van der Waals surface area contributed by atoms with Gasteiger partial charge in [0.2, 0.25) is 11.1 Å². The summed E-state index contributed by atoms with van der Waals surface area (Å²) in [5.41, 5.74) is -0.106. The third-order valence-electron chi connectivity index (χ3n) is 1.54. The van der Waals surface area contributed by atoms with Crippen LogP contribution < -0.4 is 11.1 Å². The first-order chi connectivity index (χ1) is 9.43. The van der Waals surface area contributed by atoms with Gasteiger partial charge in [0.05, 0.1) is 0 Å². The van der Waals surface area contributed by atoms with Gasteiger partial charge in [-0.1, -0.05) is 12.1 Å². The van der Waals surface area contributed by atoms with E-state index in [4.69, 9.17) is 19.8 Å². The average molecular weight is 280 g/mol. The molecule has 0 atom stereocenters. The van der Waals surface area contributed by atoms with E-state index < -0.39 is 11.9 Å². The van der Waals surface area contributed by atoms with Crippen molar-refractivity contribution < 1.29 is 19.8 Å². The van der Waals surface area contributed by atoms with Crippen LogP contribution >= 0.6 is 0 Å². The first-order valence-electron chi connectivity index (χ1n) is 5.17. The minimum absolute atomic E-state index is 0.0532. The highest BCUT2D eigenvalue weighted by molar-refractivity contribution is 6.27. The molecule has 8 nitrogen and oxygen atoms in total. The Morgan fingerprint density at radius 2 is 1.10 bits per heavy atom. The molecule has 0 amide bonds. The van der Waals surface area contributed by atoms with Crippen molar-refractivity contribution in [2.45, 2.75) is 0 Å². The van der Waals surface area contributed by atoms with Gasteiger partial charge in [0, 0.05) is 24.5 Å². The molecule has 0 aliphatic rings. The highest BCUT2D eigenvalue weighted by atomic mass is 16.4. The van der Waals surface area contributed by atoms with Crippen LogP contribution in [0.1, 0.15) is 0 Å². The summed E-state index contributed by atoms with van der Waals surface area (Å²) in [6.07, 6.45) is 3.20. The molecule has 106 valence electrons. The van der Waals surface area contributed by atoms with Crippen LogP contribution in [0.5, 0.6) is 0 Å². The van der Waals surface area contributed by atoms with Gasteiger partial charge in [-0.25, -0.2) is 9.59 Å². The molecular formula is C12H12N2O6. The third-order valence-corrected chi connectivity index (χ3v) is 1.54. The zero-order valence-corrected chi connectivity index (χ0v) is 10.1. The first kappa shape index (κ1) is 16.8. The number of carboxylic acid groups (broad SMARTS) is 2. The number of pyridine rings is 2. The lowest BCUT2D eigenvalue weighted by atomic mass is 10.5. The number of hydrogen-bond donors (Lipinski definition) is 4. The molecule has 0 radical (unpaired) electrons. The summed E-state index contributed by atoms with van der Waals surface area (Å²) in [6, 6.07) is 9.86. The Bertz CT molecular complexity index is 554. The number of aromatic nitrogens is 2. The van der Waals surface area contributed by atoms with E-state index in [1.54, 1.807) is 36.7 Å². The second kappa shape index (κ2) is 9.83. The summed E-state index contributed by atoms with van der Waals surface area (Å²) in [7, 11) is 0. The number of nitrogens with one attached hydrogen (secondary N) is 2. The number of carbonyl (C=O) groups is 2. The van der Waals surface area contributed by atoms with Gasteiger partial charge in [-0.2, -0.15) is 0 Å². The molecule has 2 rings (SSSR count). The zero-order valence-electron chi connectivity index (χ0n) is 10.1. The smallest absolute Gasteiger partial charge is 0.414 e. The standard InChI is InChI=1S/2C5H5NO.C2H2O4/c2*7-5-3-1-2-4-6-5;3-1(4)2(5)6/h2*1-4H,(H,6,7);(H,3,4)(H,5,6). The van der Waals surface area contributed by atoms with Gasteiger partial charge in [0.1, 0.15) is 0 Å². The number of rotatable bonds is 0. The van der Waals surface area contributed by atoms with Crippen molar-refractivity contribution >= 4 is 11.9 Å². The van der Waals surface area contributed by atoms with Crippen molar-refractivity contribution in [1.29, 1.82) is 0 Å². The summed E-state index contributed by atoms with van der Waals surface area (Å²) in [5, 5.41) is 14.8. The molecule has 4 N–H and O–H groups in total. The molecule has 0 aliphatic carbocycles. The fourth-order valence-electron chi connectivity index (χ4n) is 0.754. The molecule has 0 bridgehead atoms. The normalized spacial score (nSPS) is 8.20. The van der Waals surface area contributed by atoms with Crippen molar-refractivity contribution in [3.05, 3.63) is 69.5 Å². The molecule has 0 aromatic carbocycles. The maximum Gasteiger partial charge on any atom is 0.414 e. The van der Waals surface area contributed by atoms with E-state index in [1.807, 2.05) is 0 Å². The first-order valence-corrected chi connectivity index (χ1v) is 5.17. The summed E-state index contributed by atoms with van der Waals surface area (Å²) >= 11 is 0. The fourth-order valence-corrected chi connectivity index (χ4v) is 0.754. The second-order valence-corrected chi connectivity index (χ2v) is 3.06. The summed E-state index contributed by atoms with van der Waals surface area (Å²) in [5.74, 6) is -3.65. The Hall–Kier alpha value is -3.16. The van der Waals surface area contributed by atoms with Crippen LogP contribution in [-0.4, -0.2) is 32.1 Å². The highest BCUT2D eigenvalue weighted by Gasteiger charge is 2.04. The number of H-pyrrole nitrogens is 2. The Labute approximate surface area is 112 Å². The van der Waals surface area contributed by atoms with Crippen molar-refractivity contribution in [2.75, 3.05) is 0 Å². The second-order valence-electron chi connectivity index (χ2n) is 3.06. The van der Waals surface area contributed by atoms with Crippen LogP contribution in [0.15, 0.2) is 58.4 Å². The lowest BCUT2D eigenvalue weighted by Gasteiger charge is -1.73. The molecule has 0 saturated carbocycles. The van der Waals surface area contributed by atoms with Gasteiger partial charge in [-0.05, 0) is 12.1 Å². The van der Waals surface area contributed by atoms with Crippen LogP contribution in [0.3, 0.4) is 0 Å². The van der Waals surface area contributed by atoms with Crippen molar-refractivity contribution in [3.63, 3.8) is 0 Å². The van der Waals surface area contributed by atoms with Gasteiger partial charge in [-0.3, -0.25) is 9.59 Å². The van der Waals surface area contributed by atoms with Gasteiger partial charge >= 0.3 is 11.9 Å². The maximum atomic E-state index is 10.2. The molecule has 0 unspecified atom stereocenters. The minimum atomic E-state index is -1.82. The monoisotopic (exact) mass is 280 g/mol. The average Bonchev–Trinajstić information content (AvgIpc) is 2.42. The quantitative estimate of drug-likeness (QED) is 0.497. The van der Waals surface area contributed by atoms with Gasteiger partial charge in [0.15, 0.2) is 0 Å². The molecular weight excluding hydrogens is 268 g/mol. The molecule has 8 heteroatoms. The Kier molecular flexibility index (Phi) is 8.28. The molecule has 20 heavy (non-hydrogen) atoms. The fraction of sp³-hybridized carbons (Fsp3) is 0. The minimum Gasteiger partial charge on any atom is -0.473 e. The van der Waals surface area contributed by atoms with Gasteiger partial charge < -0.3 is 20.2 Å². The van der Waals surface area contributed by atoms with Gasteiger partial charge in [0.25, 0.3) is 0 Å². The molecule has 0 fully saturated rings. The van der Waals surface area contributed by atoms with Crippen LogP contribution in [0, 0.1) is 0 Å². The largest absolute Gasteiger partial charge is 0.473 e. The van der Waals surface area contributed by atoms with Gasteiger partial charge in [-0.15, -0.1) is 0 Å². The molecule has 0 saturated heterocycles. The SMILES string of the molecule is O=C(O)C(=O)O.O=c1cccc[nH]1.O=c1cccc[nH]1. The lowest BCUT2D eigenvalue weighted by molar-refractivity contribution is -0.159. The van der Waals surface area contributed by atoms with Crippen LogP contribution in [0.4, 0.5) is 0 Å². The van der Waals surface area contributed by atoms with E-state index in [2.05, 4.69) is 9.97 Å². The number of aliphatic carboxylic acids is 2. The summed E-state index contributed by atoms with van der Waals surface area (Å²) < 4.78 is 0. The van der Waals surface area contributed by atoms with Crippen LogP contribution in [0.2, 0.25) is 0 Å². The van der Waals surface area contributed by atoms with Crippen molar-refractivity contribution in [1.82, 2.24) is 9.97 Å². The zero-order chi connectivity index (χ0) is 15.4. The Morgan fingerprint density at radius 1 is 0.750 bits per heavy atom. The topological polar surface area (TPSA) is 140 Å². The van der Waals surface area contributed by atoms with Crippen LogP contribution in [-0.2, 0) is 9.59 Å². The predicted molar refractivity (Wildman–Crippen MR) is 69.4 cm³/mol. The van der Waals surface area contributed by atoms with E-state index >= 15 is 0 Å². The number of aromatic amines is 2. The van der Waals surface area contributed by atoms with E-state index in [-0.39, 0.29) is 11.1 Å². The Morgan fingerprint density at radius 3 is 1.20 bits per heavy atom. The summed E-state index contributed by atoms with van der Waals surface area (Å²) in [6.45, 7) is 0. The molecule has 0 aliphatic heterocycles. The van der Waals surface area contributed by atoms with E-state index in [9.17, 15) is 9.59 Å². The number of hydrogen-bond acceptors (Lipinski definition) is 4. The molecule has 2 aromatic rings. The lowest BCUT2D eigenvalue weighted by Crippen LogP contribution is -2.09. The molecule has 0 spiro atoms. The van der Waals surface area contributed by atoms with E-state index in [0.29, 0.717) is 0 Å². The van der Waals surface area contributed by atoms with E-state index in [0.717, 1.165) is 0 Å².